The fourth-order valence-electron chi connectivity index (χ4n) is 1.74. The molecule has 4 nitrogen and oxygen atoms in total. The molecule has 0 aromatic heterocycles. The van der Waals surface area contributed by atoms with Crippen molar-refractivity contribution in [3.8, 4) is 5.75 Å². The van der Waals surface area contributed by atoms with E-state index in [0.29, 0.717) is 6.61 Å². The Morgan fingerprint density at radius 1 is 1.44 bits per heavy atom. The number of benzene rings is 1. The van der Waals surface area contributed by atoms with Gasteiger partial charge in [0.15, 0.2) is 5.17 Å². The number of carbonyl (C=O) groups is 1. The number of nitrogens with zero attached hydrogens (tertiary/aromatic N) is 2. The first kappa shape index (κ1) is 13.0. The van der Waals surface area contributed by atoms with Crippen molar-refractivity contribution < 1.29 is 9.53 Å². The number of hydrogen-bond donors (Lipinski definition) is 0. The molecular weight excluding hydrogens is 248 g/mol. The summed E-state index contributed by atoms with van der Waals surface area (Å²) >= 11 is 1.61. The minimum absolute atomic E-state index is 0.0210. The predicted octanol–water partition coefficient (Wildman–Crippen LogP) is 2.54. The topological polar surface area (TPSA) is 41.9 Å². The van der Waals surface area contributed by atoms with E-state index in [0.717, 1.165) is 28.9 Å². The average Bonchev–Trinajstić information content (AvgIpc) is 2.85. The molecule has 0 saturated carbocycles. The molecule has 0 atom stereocenters. The molecule has 1 aliphatic heterocycles. The highest BCUT2D eigenvalue weighted by Gasteiger charge is 2.21. The summed E-state index contributed by atoms with van der Waals surface area (Å²) in [6, 6.07) is 7.51. The number of rotatable bonds is 3. The normalized spacial score (nSPS) is 14.2. The van der Waals surface area contributed by atoms with Crippen molar-refractivity contribution in [1.29, 1.82) is 0 Å². The van der Waals surface area contributed by atoms with Gasteiger partial charge in [0.25, 0.3) is 0 Å². The van der Waals surface area contributed by atoms with Gasteiger partial charge in [0.2, 0.25) is 5.91 Å². The minimum Gasteiger partial charge on any atom is -0.494 e. The molecule has 1 aromatic rings. The molecule has 0 unspecified atom stereocenters. The lowest BCUT2D eigenvalue weighted by Gasteiger charge is -2.20. The van der Waals surface area contributed by atoms with Crippen molar-refractivity contribution in [3.05, 3.63) is 24.3 Å². The van der Waals surface area contributed by atoms with Crippen molar-refractivity contribution in [3.63, 3.8) is 0 Å². The summed E-state index contributed by atoms with van der Waals surface area (Å²) in [5, 5.41) is 0.784. The molecule has 96 valence electrons. The number of amidine groups is 1. The molecule has 0 saturated heterocycles. The third-order valence-corrected chi connectivity index (χ3v) is 3.44. The maximum absolute atomic E-state index is 11.7. The van der Waals surface area contributed by atoms with Crippen LogP contribution in [0.3, 0.4) is 0 Å². The van der Waals surface area contributed by atoms with Gasteiger partial charge < -0.3 is 4.74 Å². The molecule has 1 aromatic carbocycles. The van der Waals surface area contributed by atoms with Gasteiger partial charge in [-0.05, 0) is 31.2 Å². The molecular formula is C13H16N2O2S. The van der Waals surface area contributed by atoms with E-state index in [1.54, 1.807) is 23.6 Å². The summed E-state index contributed by atoms with van der Waals surface area (Å²) in [7, 11) is 0. The second kappa shape index (κ2) is 5.91. The van der Waals surface area contributed by atoms with Gasteiger partial charge in [0.05, 0.1) is 18.8 Å². The molecule has 1 amide bonds. The Balaban J connectivity index is 2.23. The molecule has 5 heteroatoms. The summed E-state index contributed by atoms with van der Waals surface area (Å²) < 4.78 is 5.39. The fourth-order valence-corrected chi connectivity index (χ4v) is 2.65. The molecule has 2 rings (SSSR count). The van der Waals surface area contributed by atoms with E-state index in [2.05, 4.69) is 4.99 Å². The molecule has 1 heterocycles. The van der Waals surface area contributed by atoms with Crippen LogP contribution in [0.2, 0.25) is 0 Å². The summed E-state index contributed by atoms with van der Waals surface area (Å²) in [5.41, 5.74) is 0.833. The Morgan fingerprint density at radius 3 is 2.67 bits per heavy atom. The first-order chi connectivity index (χ1) is 8.72. The van der Waals surface area contributed by atoms with E-state index in [1.165, 1.54) is 0 Å². The lowest BCUT2D eigenvalue weighted by atomic mass is 10.3. The van der Waals surface area contributed by atoms with Gasteiger partial charge in [-0.25, -0.2) is 0 Å². The molecule has 0 fully saturated rings. The number of amides is 1. The van der Waals surface area contributed by atoms with Crippen molar-refractivity contribution in [2.75, 3.05) is 23.8 Å². The second-order valence-corrected chi connectivity index (χ2v) is 4.86. The number of ether oxygens (including phenoxy) is 1. The summed E-state index contributed by atoms with van der Waals surface area (Å²) in [4.78, 5) is 17.7. The van der Waals surface area contributed by atoms with E-state index >= 15 is 0 Å². The minimum atomic E-state index is -0.0210. The zero-order valence-corrected chi connectivity index (χ0v) is 11.4. The van der Waals surface area contributed by atoms with Gasteiger partial charge >= 0.3 is 0 Å². The third kappa shape index (κ3) is 2.85. The van der Waals surface area contributed by atoms with Crippen LogP contribution in [0.4, 0.5) is 5.69 Å². The fraction of sp³-hybridized carbons (Fsp3) is 0.385. The number of carbonyl (C=O) groups excluding carboxylic acids is 1. The SMILES string of the molecule is CCOc1ccc(N(C(C)=O)C2=NCCS2)cc1. The third-order valence-electron chi connectivity index (χ3n) is 2.48. The smallest absolute Gasteiger partial charge is 0.230 e. The van der Waals surface area contributed by atoms with Crippen molar-refractivity contribution in [2.45, 2.75) is 13.8 Å². The van der Waals surface area contributed by atoms with Crippen molar-refractivity contribution >= 4 is 28.5 Å². The largest absolute Gasteiger partial charge is 0.494 e. The molecule has 0 radical (unpaired) electrons. The van der Waals surface area contributed by atoms with Gasteiger partial charge in [0.1, 0.15) is 5.75 Å². The number of hydrogen-bond acceptors (Lipinski definition) is 4. The molecule has 1 aliphatic rings. The van der Waals surface area contributed by atoms with E-state index in [-0.39, 0.29) is 5.91 Å². The maximum atomic E-state index is 11.7. The maximum Gasteiger partial charge on any atom is 0.230 e. The zero-order valence-electron chi connectivity index (χ0n) is 10.5. The molecule has 0 spiro atoms. The highest BCUT2D eigenvalue weighted by Crippen LogP contribution is 2.25. The summed E-state index contributed by atoms with van der Waals surface area (Å²) in [5.74, 6) is 1.73. The van der Waals surface area contributed by atoms with Crippen molar-refractivity contribution in [1.82, 2.24) is 0 Å². The second-order valence-electron chi connectivity index (χ2n) is 3.79. The average molecular weight is 264 g/mol. The standard InChI is InChI=1S/C13H16N2O2S/c1-3-17-12-6-4-11(5-7-12)15(10(2)16)13-14-8-9-18-13/h4-7H,3,8-9H2,1-2H3. The van der Waals surface area contributed by atoms with Crippen LogP contribution in [0.25, 0.3) is 0 Å². The first-order valence-corrected chi connectivity index (χ1v) is 6.91. The van der Waals surface area contributed by atoms with Gasteiger partial charge in [-0.15, -0.1) is 0 Å². The van der Waals surface area contributed by atoms with Crippen LogP contribution >= 0.6 is 11.8 Å². The highest BCUT2D eigenvalue weighted by atomic mass is 32.2. The Bertz CT molecular complexity index is 457. The van der Waals surface area contributed by atoms with E-state index < -0.39 is 0 Å². The Kier molecular flexibility index (Phi) is 4.25. The number of anilines is 1. The molecule has 0 aliphatic carbocycles. The van der Waals surface area contributed by atoms with Crippen LogP contribution in [0.15, 0.2) is 29.3 Å². The van der Waals surface area contributed by atoms with Gasteiger partial charge in [0, 0.05) is 12.7 Å². The zero-order chi connectivity index (χ0) is 13.0. The monoisotopic (exact) mass is 264 g/mol. The predicted molar refractivity (Wildman–Crippen MR) is 75.5 cm³/mol. The van der Waals surface area contributed by atoms with E-state index in [1.807, 2.05) is 31.2 Å². The van der Waals surface area contributed by atoms with Gasteiger partial charge in [-0.2, -0.15) is 0 Å². The van der Waals surface area contributed by atoms with Gasteiger partial charge in [-0.1, -0.05) is 11.8 Å². The van der Waals surface area contributed by atoms with Crippen LogP contribution in [0.1, 0.15) is 13.8 Å². The number of aliphatic imine (C=N–C) groups is 1. The lowest BCUT2D eigenvalue weighted by Crippen LogP contribution is -2.32. The number of thioether (sulfide) groups is 1. The highest BCUT2D eigenvalue weighted by molar-refractivity contribution is 8.14. The van der Waals surface area contributed by atoms with Crippen LogP contribution in [-0.4, -0.2) is 30.0 Å². The van der Waals surface area contributed by atoms with E-state index in [9.17, 15) is 4.79 Å². The first-order valence-electron chi connectivity index (χ1n) is 5.93. The van der Waals surface area contributed by atoms with E-state index in [4.69, 9.17) is 4.74 Å². The quantitative estimate of drug-likeness (QED) is 0.842. The Labute approximate surface area is 111 Å². The summed E-state index contributed by atoms with van der Waals surface area (Å²) in [6.45, 7) is 4.91. The van der Waals surface area contributed by atoms with Crippen LogP contribution in [-0.2, 0) is 4.79 Å². The Hall–Kier alpha value is -1.49. The lowest BCUT2D eigenvalue weighted by molar-refractivity contribution is -0.115. The van der Waals surface area contributed by atoms with Crippen LogP contribution < -0.4 is 9.64 Å². The summed E-state index contributed by atoms with van der Waals surface area (Å²) in [6.07, 6.45) is 0. The van der Waals surface area contributed by atoms with Crippen LogP contribution in [0, 0.1) is 0 Å². The Morgan fingerprint density at radius 2 is 2.17 bits per heavy atom. The molecule has 18 heavy (non-hydrogen) atoms. The molecule has 0 bridgehead atoms. The van der Waals surface area contributed by atoms with Crippen molar-refractivity contribution in [2.24, 2.45) is 4.99 Å². The molecule has 0 N–H and O–H groups in total. The van der Waals surface area contributed by atoms with Crippen LogP contribution in [0.5, 0.6) is 5.75 Å². The van der Waals surface area contributed by atoms with Gasteiger partial charge in [-0.3, -0.25) is 14.7 Å².